The minimum absolute atomic E-state index is 0.0516. The number of fused-ring (bicyclic) bond motifs is 1. The third-order valence-corrected chi connectivity index (χ3v) is 14.7. The van der Waals surface area contributed by atoms with Crippen LogP contribution in [0.25, 0.3) is 0 Å². The van der Waals surface area contributed by atoms with E-state index < -0.39 is 30.9 Å². The molecule has 3 aromatic carbocycles. The molecule has 0 aliphatic carbocycles. The van der Waals surface area contributed by atoms with Crippen molar-refractivity contribution in [2.75, 3.05) is 83.5 Å². The number of hydrogen-bond acceptors (Lipinski definition) is 12. The molecule has 4 aliphatic rings. The number of piperazine rings is 1. The van der Waals surface area contributed by atoms with E-state index in [1.807, 2.05) is 29.2 Å². The molecule has 1 N–H and O–H groups in total. The molecular weight excluding hydrogens is 843 g/mol. The van der Waals surface area contributed by atoms with Gasteiger partial charge >= 0.3 is 0 Å². The highest BCUT2D eigenvalue weighted by molar-refractivity contribution is 7.70. The quantitative estimate of drug-likeness (QED) is 0.156. The zero-order valence-corrected chi connectivity index (χ0v) is 37.7. The molecule has 5 amide bonds. The molecule has 1 atom stereocenters. The maximum atomic E-state index is 13.6. The van der Waals surface area contributed by atoms with E-state index in [0.29, 0.717) is 54.2 Å². The first-order chi connectivity index (χ1) is 30.2. The third-order valence-electron chi connectivity index (χ3n) is 12.7. The molecule has 5 heterocycles. The Kier molecular flexibility index (Phi) is 12.7. The van der Waals surface area contributed by atoms with Gasteiger partial charge in [0.05, 0.1) is 35.5 Å². The number of nitrogens with zero attached hydrogens (tertiary/aromatic N) is 7. The van der Waals surface area contributed by atoms with E-state index in [4.69, 9.17) is 21.3 Å². The van der Waals surface area contributed by atoms with Crippen LogP contribution in [-0.2, 0) is 31.8 Å². The molecule has 0 saturated carbocycles. The van der Waals surface area contributed by atoms with Crippen LogP contribution in [0.5, 0.6) is 5.75 Å². The van der Waals surface area contributed by atoms with Gasteiger partial charge in [-0.2, -0.15) is 0 Å². The van der Waals surface area contributed by atoms with Gasteiger partial charge in [-0.15, -0.1) is 0 Å². The number of benzene rings is 3. The summed E-state index contributed by atoms with van der Waals surface area (Å²) in [7, 11) is 0.535. The fourth-order valence-corrected chi connectivity index (χ4v) is 10.7. The van der Waals surface area contributed by atoms with Gasteiger partial charge in [0.15, 0.2) is 0 Å². The Labute approximate surface area is 372 Å². The maximum absolute atomic E-state index is 13.6. The molecule has 0 radical (unpaired) electrons. The van der Waals surface area contributed by atoms with E-state index in [0.717, 1.165) is 76.7 Å². The SMILES string of the molecule is COc1cc(N2CCC(N3CCN(C(=O)CNc4cccc5c4C(=O)N(C4CCC(=O)N(C)C4=O)C5=O)CC3)CC2)ccc1Cc1ncc(Cl)c(Cc2ccccc2P(C)(C)=O)n1. The summed E-state index contributed by atoms with van der Waals surface area (Å²) < 4.78 is 18.8. The van der Waals surface area contributed by atoms with Crippen molar-refractivity contribution < 1.29 is 33.3 Å². The van der Waals surface area contributed by atoms with Crippen molar-refractivity contribution in [3.8, 4) is 5.75 Å². The van der Waals surface area contributed by atoms with E-state index in [9.17, 15) is 28.5 Å². The predicted octanol–water partition coefficient (Wildman–Crippen LogP) is 4.54. The lowest BCUT2D eigenvalue weighted by atomic mass is 10.0. The number of aromatic nitrogens is 2. The van der Waals surface area contributed by atoms with Gasteiger partial charge in [-0.3, -0.25) is 38.7 Å². The van der Waals surface area contributed by atoms with E-state index in [-0.39, 0.29) is 42.3 Å². The molecular formula is C46H52ClN8O7P. The molecule has 0 bridgehead atoms. The van der Waals surface area contributed by atoms with Crippen LogP contribution >= 0.6 is 18.7 Å². The monoisotopic (exact) mass is 894 g/mol. The van der Waals surface area contributed by atoms with Crippen LogP contribution in [0.4, 0.5) is 11.4 Å². The average molecular weight is 895 g/mol. The highest BCUT2D eigenvalue weighted by atomic mass is 35.5. The summed E-state index contributed by atoms with van der Waals surface area (Å²) in [6.07, 6.45) is 4.66. The van der Waals surface area contributed by atoms with Crippen molar-refractivity contribution in [1.29, 1.82) is 0 Å². The van der Waals surface area contributed by atoms with Crippen molar-refractivity contribution in [2.45, 2.75) is 50.6 Å². The van der Waals surface area contributed by atoms with Gasteiger partial charge in [-0.1, -0.05) is 48.0 Å². The van der Waals surface area contributed by atoms with Gasteiger partial charge in [0.2, 0.25) is 11.8 Å². The molecule has 4 aliphatic heterocycles. The molecule has 1 aromatic heterocycles. The molecule has 8 rings (SSSR count). The standard InChI is InChI=1S/C46H52ClN8O7P/c1-51-41(56)15-14-37(45(51)59)55-44(58)33-9-7-10-35(43(33)46(55)60)48-28-42(57)54-22-20-53(21-23-54)31-16-18-52(19-17-31)32-13-12-29(38(26-32)62-2)25-40-49-27-34(47)36(50-40)24-30-8-5-6-11-39(30)63(3,4)61/h5-13,26-27,31,37,48H,14-25,28H2,1-4H3. The number of amides is 5. The zero-order valence-electron chi connectivity index (χ0n) is 36.0. The Hall–Kier alpha value is -5.63. The lowest BCUT2D eigenvalue weighted by Gasteiger charge is -2.43. The molecule has 3 fully saturated rings. The molecule has 3 saturated heterocycles. The number of nitrogens with one attached hydrogen (secondary N) is 1. The first-order valence-electron chi connectivity index (χ1n) is 21.3. The van der Waals surface area contributed by atoms with Gasteiger partial charge in [0.1, 0.15) is 24.8 Å². The van der Waals surface area contributed by atoms with Crippen LogP contribution in [0.2, 0.25) is 5.02 Å². The summed E-state index contributed by atoms with van der Waals surface area (Å²) in [6, 6.07) is 18.2. The van der Waals surface area contributed by atoms with Crippen molar-refractivity contribution >= 4 is 65.0 Å². The van der Waals surface area contributed by atoms with Crippen molar-refractivity contribution in [3.63, 3.8) is 0 Å². The summed E-state index contributed by atoms with van der Waals surface area (Å²) in [4.78, 5) is 83.2. The molecule has 63 heavy (non-hydrogen) atoms. The molecule has 0 spiro atoms. The maximum Gasteiger partial charge on any atom is 0.264 e. The summed E-state index contributed by atoms with van der Waals surface area (Å²) in [5, 5.41) is 4.39. The van der Waals surface area contributed by atoms with Crippen molar-refractivity contribution in [1.82, 2.24) is 29.6 Å². The molecule has 17 heteroatoms. The fraction of sp³-hybridized carbons (Fsp3) is 0.413. The molecule has 4 aromatic rings. The summed E-state index contributed by atoms with van der Waals surface area (Å²) in [6.45, 7) is 7.93. The summed E-state index contributed by atoms with van der Waals surface area (Å²) in [5.41, 5.74) is 4.34. The zero-order chi connectivity index (χ0) is 44.6. The summed E-state index contributed by atoms with van der Waals surface area (Å²) in [5.74, 6) is -0.842. The fourth-order valence-electron chi connectivity index (χ4n) is 9.24. The van der Waals surface area contributed by atoms with E-state index >= 15 is 0 Å². The van der Waals surface area contributed by atoms with Crippen LogP contribution < -0.4 is 20.3 Å². The second-order valence-electron chi connectivity index (χ2n) is 17.0. The van der Waals surface area contributed by atoms with Crippen molar-refractivity contribution in [3.05, 3.63) is 106 Å². The topological polar surface area (TPSA) is 166 Å². The number of hydrogen-bond donors (Lipinski definition) is 1. The number of likely N-dealkylation sites (N-methyl/N-ethyl adjacent to an activating group) is 1. The van der Waals surface area contributed by atoms with Crippen LogP contribution in [0, 0.1) is 0 Å². The number of carbonyl (C=O) groups excluding carboxylic acids is 5. The van der Waals surface area contributed by atoms with E-state index in [1.54, 1.807) is 44.8 Å². The Bertz CT molecular complexity index is 2520. The van der Waals surface area contributed by atoms with E-state index in [1.165, 1.54) is 7.05 Å². The smallest absolute Gasteiger partial charge is 0.264 e. The number of methoxy groups -OCH3 is 1. The average Bonchev–Trinajstić information content (AvgIpc) is 3.54. The third kappa shape index (κ3) is 9.09. The number of carbonyl (C=O) groups is 5. The largest absolute Gasteiger partial charge is 0.496 e. The number of likely N-dealkylation sites (tertiary alicyclic amines) is 1. The number of anilines is 2. The van der Waals surface area contributed by atoms with E-state index in [2.05, 4.69) is 38.3 Å². The lowest BCUT2D eigenvalue weighted by Crippen LogP contribution is -2.55. The van der Waals surface area contributed by atoms with Gasteiger partial charge in [0.25, 0.3) is 17.7 Å². The Morgan fingerprint density at radius 3 is 2.37 bits per heavy atom. The van der Waals surface area contributed by atoms with Crippen LogP contribution in [-0.4, -0.2) is 144 Å². The number of imide groups is 2. The second-order valence-corrected chi connectivity index (χ2v) is 20.5. The highest BCUT2D eigenvalue weighted by Crippen LogP contribution is 2.37. The Morgan fingerprint density at radius 2 is 1.63 bits per heavy atom. The van der Waals surface area contributed by atoms with Crippen LogP contribution in [0.3, 0.4) is 0 Å². The second kappa shape index (κ2) is 18.2. The molecule has 1 unspecified atom stereocenters. The Balaban J connectivity index is 0.821. The first kappa shape index (κ1) is 44.0. The number of halogens is 1. The molecule has 15 nitrogen and oxygen atoms in total. The predicted molar refractivity (Wildman–Crippen MR) is 241 cm³/mol. The minimum Gasteiger partial charge on any atom is -0.496 e. The van der Waals surface area contributed by atoms with Crippen molar-refractivity contribution in [2.24, 2.45) is 0 Å². The molecule has 330 valence electrons. The van der Waals surface area contributed by atoms with Gasteiger partial charge in [0, 0.05) is 106 Å². The highest BCUT2D eigenvalue weighted by Gasteiger charge is 2.47. The Morgan fingerprint density at radius 1 is 0.889 bits per heavy atom. The summed E-state index contributed by atoms with van der Waals surface area (Å²) >= 11 is 6.56. The van der Waals surface area contributed by atoms with Gasteiger partial charge < -0.3 is 24.4 Å². The van der Waals surface area contributed by atoms with Gasteiger partial charge in [-0.25, -0.2) is 9.97 Å². The number of ether oxygens (including phenoxy) is 1. The number of rotatable bonds is 12. The lowest BCUT2D eigenvalue weighted by molar-refractivity contribution is -0.149. The number of piperidine rings is 2. The minimum atomic E-state index is -2.49. The van der Waals surface area contributed by atoms with Gasteiger partial charge in [-0.05, 0) is 56.4 Å². The van der Waals surface area contributed by atoms with Crippen LogP contribution in [0.15, 0.2) is 66.9 Å². The normalized spacial score (nSPS) is 18.9. The van der Waals surface area contributed by atoms with Crippen LogP contribution in [0.1, 0.15) is 69.0 Å². The first-order valence-corrected chi connectivity index (χ1v) is 24.3.